The number of rotatable bonds is 5. The van der Waals surface area contributed by atoms with Gasteiger partial charge in [0.1, 0.15) is 0 Å². The van der Waals surface area contributed by atoms with Gasteiger partial charge in [0.25, 0.3) is 0 Å². The van der Waals surface area contributed by atoms with Crippen LogP contribution in [0.4, 0.5) is 5.69 Å². The molecule has 0 spiro atoms. The molecular formula is C13H16N2O3S. The molecule has 0 bridgehead atoms. The third kappa shape index (κ3) is 3.15. The summed E-state index contributed by atoms with van der Waals surface area (Å²) in [5.74, 6) is 0. The van der Waals surface area contributed by atoms with E-state index in [9.17, 15) is 8.42 Å². The van der Waals surface area contributed by atoms with Crippen LogP contribution in [0.1, 0.15) is 11.1 Å². The van der Waals surface area contributed by atoms with Crippen LogP contribution in [0.2, 0.25) is 0 Å². The van der Waals surface area contributed by atoms with Crippen LogP contribution < -0.4 is 10.0 Å². The summed E-state index contributed by atoms with van der Waals surface area (Å²) in [6.45, 7) is 2.35. The van der Waals surface area contributed by atoms with Crippen LogP contribution >= 0.6 is 0 Å². The molecule has 0 atom stereocenters. The van der Waals surface area contributed by atoms with Crippen LogP contribution in [0.3, 0.4) is 0 Å². The summed E-state index contributed by atoms with van der Waals surface area (Å²) in [5, 5.41) is 3.16. The first-order chi connectivity index (χ1) is 9.03. The normalized spacial score (nSPS) is 11.5. The van der Waals surface area contributed by atoms with Gasteiger partial charge < -0.3 is 9.73 Å². The zero-order chi connectivity index (χ0) is 13.9. The highest BCUT2D eigenvalue weighted by atomic mass is 32.2. The molecule has 1 heterocycles. The Morgan fingerprint density at radius 3 is 2.68 bits per heavy atom. The fourth-order valence-electron chi connectivity index (χ4n) is 1.71. The Hall–Kier alpha value is -1.79. The molecule has 6 heteroatoms. The van der Waals surface area contributed by atoms with E-state index in [1.165, 1.54) is 7.05 Å². The molecule has 0 aliphatic rings. The van der Waals surface area contributed by atoms with E-state index in [0.29, 0.717) is 12.1 Å². The average molecular weight is 280 g/mol. The van der Waals surface area contributed by atoms with Gasteiger partial charge in [0.05, 0.1) is 17.4 Å². The van der Waals surface area contributed by atoms with Crippen LogP contribution in [0.25, 0.3) is 0 Å². The Kier molecular flexibility index (Phi) is 3.92. The van der Waals surface area contributed by atoms with Gasteiger partial charge in [-0.3, -0.25) is 0 Å². The van der Waals surface area contributed by atoms with E-state index in [-0.39, 0.29) is 4.90 Å². The third-order valence-corrected chi connectivity index (χ3v) is 4.38. The smallest absolute Gasteiger partial charge is 0.240 e. The lowest BCUT2D eigenvalue weighted by Crippen LogP contribution is -2.19. The molecule has 0 unspecified atom stereocenters. The number of hydrogen-bond donors (Lipinski definition) is 2. The Labute approximate surface area is 112 Å². The van der Waals surface area contributed by atoms with E-state index >= 15 is 0 Å². The van der Waals surface area contributed by atoms with Gasteiger partial charge in [-0.1, -0.05) is 6.07 Å². The van der Waals surface area contributed by atoms with Gasteiger partial charge in [0.2, 0.25) is 10.0 Å². The van der Waals surface area contributed by atoms with E-state index in [1.807, 2.05) is 12.1 Å². The van der Waals surface area contributed by atoms with Crippen LogP contribution in [0, 0.1) is 6.92 Å². The highest BCUT2D eigenvalue weighted by Crippen LogP contribution is 2.20. The van der Waals surface area contributed by atoms with Gasteiger partial charge in [0, 0.05) is 17.8 Å². The van der Waals surface area contributed by atoms with E-state index in [4.69, 9.17) is 4.42 Å². The number of aryl methyl sites for hydroxylation is 1. The topological polar surface area (TPSA) is 71.3 Å². The number of benzene rings is 1. The first-order valence-corrected chi connectivity index (χ1v) is 7.30. The minimum Gasteiger partial charge on any atom is -0.472 e. The molecule has 2 rings (SSSR count). The summed E-state index contributed by atoms with van der Waals surface area (Å²) >= 11 is 0. The largest absolute Gasteiger partial charge is 0.472 e. The van der Waals surface area contributed by atoms with Crippen molar-refractivity contribution in [2.24, 2.45) is 0 Å². The standard InChI is InChI=1S/C13H16N2O3S/c1-10-3-4-12(7-13(10)19(16,17)14-2)15-8-11-5-6-18-9-11/h3-7,9,14-15H,8H2,1-2H3. The van der Waals surface area contributed by atoms with Crippen molar-refractivity contribution in [1.82, 2.24) is 4.72 Å². The quantitative estimate of drug-likeness (QED) is 0.880. The summed E-state index contributed by atoms with van der Waals surface area (Å²) in [4.78, 5) is 0.284. The van der Waals surface area contributed by atoms with Crippen molar-refractivity contribution >= 4 is 15.7 Å². The summed E-state index contributed by atoms with van der Waals surface area (Å²) in [7, 11) is -2.03. The van der Waals surface area contributed by atoms with Crippen molar-refractivity contribution in [3.05, 3.63) is 47.9 Å². The molecule has 1 aromatic carbocycles. The number of hydrogen-bond acceptors (Lipinski definition) is 4. The highest BCUT2D eigenvalue weighted by Gasteiger charge is 2.14. The molecule has 5 nitrogen and oxygen atoms in total. The van der Waals surface area contributed by atoms with Gasteiger partial charge >= 0.3 is 0 Å². The second kappa shape index (κ2) is 5.46. The van der Waals surface area contributed by atoms with E-state index in [0.717, 1.165) is 11.3 Å². The molecule has 102 valence electrons. The summed E-state index contributed by atoms with van der Waals surface area (Å²) in [5.41, 5.74) is 2.46. The maximum Gasteiger partial charge on any atom is 0.240 e. The number of furan rings is 1. The minimum atomic E-state index is -3.43. The SMILES string of the molecule is CNS(=O)(=O)c1cc(NCc2ccoc2)ccc1C. The van der Waals surface area contributed by atoms with Crippen LogP contribution in [-0.2, 0) is 16.6 Å². The molecule has 0 amide bonds. The maximum absolute atomic E-state index is 11.9. The summed E-state index contributed by atoms with van der Waals surface area (Å²) < 4.78 is 31.0. The molecule has 2 aromatic rings. The van der Waals surface area contributed by atoms with Crippen LogP contribution in [-0.4, -0.2) is 15.5 Å². The molecule has 0 saturated carbocycles. The van der Waals surface area contributed by atoms with Crippen LogP contribution in [0.5, 0.6) is 0 Å². The van der Waals surface area contributed by atoms with Gasteiger partial charge in [-0.25, -0.2) is 13.1 Å². The molecule has 1 aromatic heterocycles. The fraction of sp³-hybridized carbons (Fsp3) is 0.231. The van der Waals surface area contributed by atoms with Gasteiger partial charge in [-0.2, -0.15) is 0 Å². The monoisotopic (exact) mass is 280 g/mol. The Morgan fingerprint density at radius 1 is 1.26 bits per heavy atom. The number of nitrogens with one attached hydrogen (secondary N) is 2. The molecule has 0 aliphatic heterocycles. The fourth-order valence-corrected chi connectivity index (χ4v) is 2.70. The third-order valence-electron chi connectivity index (χ3n) is 2.82. The molecular weight excluding hydrogens is 264 g/mol. The Morgan fingerprint density at radius 2 is 2.05 bits per heavy atom. The van der Waals surface area contributed by atoms with Gasteiger partial charge in [0.15, 0.2) is 0 Å². The Bertz CT molecular complexity index is 649. The van der Waals surface area contributed by atoms with Gasteiger partial charge in [-0.05, 0) is 37.7 Å². The zero-order valence-corrected chi connectivity index (χ0v) is 11.6. The predicted molar refractivity (Wildman–Crippen MR) is 73.5 cm³/mol. The molecule has 2 N–H and O–H groups in total. The highest BCUT2D eigenvalue weighted by molar-refractivity contribution is 7.89. The summed E-state index contributed by atoms with van der Waals surface area (Å²) in [6, 6.07) is 7.11. The van der Waals surface area contributed by atoms with Crippen molar-refractivity contribution in [3.8, 4) is 0 Å². The van der Waals surface area contributed by atoms with E-state index in [2.05, 4.69) is 10.0 Å². The lowest BCUT2D eigenvalue weighted by atomic mass is 10.2. The summed E-state index contributed by atoms with van der Waals surface area (Å²) in [6.07, 6.45) is 3.25. The molecule has 0 saturated heterocycles. The average Bonchev–Trinajstić information content (AvgIpc) is 2.91. The van der Waals surface area contributed by atoms with Crippen molar-refractivity contribution in [1.29, 1.82) is 0 Å². The minimum absolute atomic E-state index is 0.284. The van der Waals surface area contributed by atoms with Crippen molar-refractivity contribution in [2.45, 2.75) is 18.4 Å². The number of sulfonamides is 1. The molecule has 0 radical (unpaired) electrons. The molecule has 0 fully saturated rings. The van der Waals surface area contributed by atoms with Crippen LogP contribution in [0.15, 0.2) is 46.1 Å². The lowest BCUT2D eigenvalue weighted by Gasteiger charge is -2.10. The Balaban J connectivity index is 2.21. The van der Waals surface area contributed by atoms with E-state index in [1.54, 1.807) is 31.6 Å². The number of anilines is 1. The molecule has 0 aliphatic carbocycles. The molecule has 19 heavy (non-hydrogen) atoms. The zero-order valence-electron chi connectivity index (χ0n) is 10.8. The first kappa shape index (κ1) is 13.6. The second-order valence-electron chi connectivity index (χ2n) is 4.17. The lowest BCUT2D eigenvalue weighted by molar-refractivity contribution is 0.564. The van der Waals surface area contributed by atoms with E-state index < -0.39 is 10.0 Å². The second-order valence-corrected chi connectivity index (χ2v) is 6.03. The van der Waals surface area contributed by atoms with Crippen molar-refractivity contribution < 1.29 is 12.8 Å². The van der Waals surface area contributed by atoms with Crippen molar-refractivity contribution in [3.63, 3.8) is 0 Å². The van der Waals surface area contributed by atoms with Crippen molar-refractivity contribution in [2.75, 3.05) is 12.4 Å². The first-order valence-electron chi connectivity index (χ1n) is 5.82. The van der Waals surface area contributed by atoms with Gasteiger partial charge in [-0.15, -0.1) is 0 Å². The predicted octanol–water partition coefficient (Wildman–Crippen LogP) is 2.11. The maximum atomic E-state index is 11.9.